The van der Waals surface area contributed by atoms with Crippen molar-refractivity contribution in [3.05, 3.63) is 83.0 Å². The van der Waals surface area contributed by atoms with Gasteiger partial charge in [0.2, 0.25) is 0 Å². The van der Waals surface area contributed by atoms with Crippen molar-refractivity contribution in [2.24, 2.45) is 0 Å². The van der Waals surface area contributed by atoms with Gasteiger partial charge in [0.25, 0.3) is 0 Å². The molecule has 0 aliphatic carbocycles. The molecule has 0 saturated carbocycles. The van der Waals surface area contributed by atoms with Crippen LogP contribution in [0, 0.1) is 0 Å². The van der Waals surface area contributed by atoms with Crippen LogP contribution >= 0.6 is 0 Å². The quantitative estimate of drug-likeness (QED) is 0.482. The average molecular weight is 471 g/mol. The van der Waals surface area contributed by atoms with Gasteiger partial charge in [-0.15, -0.1) is 0 Å². The zero-order valence-corrected chi connectivity index (χ0v) is 18.7. The summed E-state index contributed by atoms with van der Waals surface area (Å²) in [4.78, 5) is 18.1. The molecule has 178 valence electrons. The van der Waals surface area contributed by atoms with Crippen LogP contribution in [0.25, 0.3) is 0 Å². The number of ether oxygens (including phenoxy) is 2. The third-order valence-electron chi connectivity index (χ3n) is 5.63. The molecule has 4 rings (SSSR count). The smallest absolute Gasteiger partial charge is 0.416 e. The number of benzene rings is 2. The second-order valence-corrected chi connectivity index (χ2v) is 7.95. The number of carbonyl (C=O) groups excluding carboxylic acids is 1. The monoisotopic (exact) mass is 471 g/mol. The minimum absolute atomic E-state index is 0.164. The maximum atomic E-state index is 13.2. The standard InChI is InChI=1S/C25H24F3N3O3/c1-16(18-6-8-19(9-7-18)24(32)33-2)30-23-22-21(10-11-29-23)34-13-12-31(22)15-17-4-3-5-20(14-17)25(26,27)28/h3-11,14,16H,12-13,15H2,1-2H3,(H,29,30). The maximum Gasteiger partial charge on any atom is 0.416 e. The Balaban J connectivity index is 1.58. The second kappa shape index (κ2) is 9.62. The minimum atomic E-state index is -4.40. The molecule has 2 heterocycles. The summed E-state index contributed by atoms with van der Waals surface area (Å²) in [7, 11) is 1.33. The molecule has 0 saturated heterocycles. The highest BCUT2D eigenvalue weighted by molar-refractivity contribution is 5.89. The van der Waals surface area contributed by atoms with Crippen LogP contribution in [0.4, 0.5) is 24.7 Å². The lowest BCUT2D eigenvalue weighted by Gasteiger charge is -2.33. The van der Waals surface area contributed by atoms with Gasteiger partial charge in [0.1, 0.15) is 18.0 Å². The van der Waals surface area contributed by atoms with Gasteiger partial charge < -0.3 is 19.7 Å². The van der Waals surface area contributed by atoms with Crippen LogP contribution in [0.1, 0.15) is 40.0 Å². The van der Waals surface area contributed by atoms with Gasteiger partial charge in [-0.1, -0.05) is 24.3 Å². The second-order valence-electron chi connectivity index (χ2n) is 7.95. The van der Waals surface area contributed by atoms with Crippen LogP contribution < -0.4 is 15.0 Å². The number of pyridine rings is 1. The SMILES string of the molecule is COC(=O)c1ccc(C(C)Nc2nccc3c2N(Cc2cccc(C(F)(F)F)c2)CCO3)cc1. The molecule has 34 heavy (non-hydrogen) atoms. The molecule has 1 N–H and O–H groups in total. The lowest BCUT2D eigenvalue weighted by molar-refractivity contribution is -0.137. The number of fused-ring (bicyclic) bond motifs is 1. The van der Waals surface area contributed by atoms with Gasteiger partial charge in [0.15, 0.2) is 5.82 Å². The van der Waals surface area contributed by atoms with Crippen molar-refractivity contribution in [3.8, 4) is 5.75 Å². The normalized spacial score (nSPS) is 14.1. The van der Waals surface area contributed by atoms with E-state index in [4.69, 9.17) is 9.47 Å². The van der Waals surface area contributed by atoms with Crippen LogP contribution in [0.15, 0.2) is 60.8 Å². The van der Waals surface area contributed by atoms with E-state index in [9.17, 15) is 18.0 Å². The molecule has 1 aromatic heterocycles. The van der Waals surface area contributed by atoms with E-state index in [1.54, 1.807) is 30.5 Å². The number of alkyl halides is 3. The highest BCUT2D eigenvalue weighted by Gasteiger charge is 2.31. The zero-order valence-electron chi connectivity index (χ0n) is 18.7. The summed E-state index contributed by atoms with van der Waals surface area (Å²) in [5.41, 5.74) is 1.95. The summed E-state index contributed by atoms with van der Waals surface area (Å²) in [5.74, 6) is 0.769. The molecule has 0 radical (unpaired) electrons. The summed E-state index contributed by atoms with van der Waals surface area (Å²) in [5, 5.41) is 3.37. The first-order valence-corrected chi connectivity index (χ1v) is 10.7. The molecule has 0 amide bonds. The number of anilines is 2. The molecular formula is C25H24F3N3O3. The van der Waals surface area contributed by atoms with Gasteiger partial charge in [-0.05, 0) is 42.3 Å². The Morgan fingerprint density at radius 3 is 2.68 bits per heavy atom. The van der Waals surface area contributed by atoms with Crippen molar-refractivity contribution in [1.29, 1.82) is 0 Å². The third kappa shape index (κ3) is 5.08. The lowest BCUT2D eigenvalue weighted by atomic mass is 10.1. The average Bonchev–Trinajstić information content (AvgIpc) is 2.83. The van der Waals surface area contributed by atoms with Gasteiger partial charge in [-0.2, -0.15) is 13.2 Å². The summed E-state index contributed by atoms with van der Waals surface area (Å²) in [6, 6.07) is 14.0. The number of esters is 1. The molecule has 0 bridgehead atoms. The third-order valence-corrected chi connectivity index (χ3v) is 5.63. The fourth-order valence-electron chi connectivity index (χ4n) is 3.88. The number of nitrogens with one attached hydrogen (secondary N) is 1. The Morgan fingerprint density at radius 2 is 1.97 bits per heavy atom. The molecule has 0 spiro atoms. The molecule has 3 aromatic rings. The number of nitrogens with zero attached hydrogens (tertiary/aromatic N) is 2. The molecular weight excluding hydrogens is 447 g/mol. The predicted octanol–water partition coefficient (Wildman–Crippen LogP) is 5.46. The first kappa shape index (κ1) is 23.4. The van der Waals surface area contributed by atoms with E-state index >= 15 is 0 Å². The number of halogens is 3. The van der Waals surface area contributed by atoms with Crippen LogP contribution in [0.5, 0.6) is 5.75 Å². The molecule has 2 aromatic carbocycles. The van der Waals surface area contributed by atoms with Crippen molar-refractivity contribution in [1.82, 2.24) is 4.98 Å². The van der Waals surface area contributed by atoms with Crippen molar-refractivity contribution in [2.45, 2.75) is 25.7 Å². The van der Waals surface area contributed by atoms with E-state index in [0.29, 0.717) is 41.5 Å². The fraction of sp³-hybridized carbons (Fsp3) is 0.280. The number of hydrogen-bond acceptors (Lipinski definition) is 6. The largest absolute Gasteiger partial charge is 0.489 e. The van der Waals surface area contributed by atoms with E-state index in [-0.39, 0.29) is 12.6 Å². The van der Waals surface area contributed by atoms with Gasteiger partial charge >= 0.3 is 12.1 Å². The number of methoxy groups -OCH3 is 1. The molecule has 6 nitrogen and oxygen atoms in total. The fourth-order valence-corrected chi connectivity index (χ4v) is 3.88. The Labute approximate surface area is 195 Å². The summed E-state index contributed by atoms with van der Waals surface area (Å²) < 4.78 is 50.0. The van der Waals surface area contributed by atoms with Gasteiger partial charge in [-0.25, -0.2) is 9.78 Å². The lowest BCUT2D eigenvalue weighted by Crippen LogP contribution is -2.33. The van der Waals surface area contributed by atoms with Crippen LogP contribution in [-0.2, 0) is 17.5 Å². The number of hydrogen-bond donors (Lipinski definition) is 1. The molecule has 1 aliphatic heterocycles. The van der Waals surface area contributed by atoms with Crippen molar-refractivity contribution >= 4 is 17.5 Å². The van der Waals surface area contributed by atoms with Crippen LogP contribution in [-0.4, -0.2) is 31.2 Å². The summed E-state index contributed by atoms with van der Waals surface area (Å²) in [6.45, 7) is 3.16. The van der Waals surface area contributed by atoms with Gasteiger partial charge in [-0.3, -0.25) is 0 Å². The van der Waals surface area contributed by atoms with Gasteiger partial charge in [0.05, 0.1) is 30.8 Å². The predicted molar refractivity (Wildman–Crippen MR) is 122 cm³/mol. The Morgan fingerprint density at radius 1 is 1.21 bits per heavy atom. The highest BCUT2D eigenvalue weighted by Crippen LogP contribution is 2.39. The Bertz CT molecular complexity index is 1170. The first-order chi connectivity index (χ1) is 16.3. The van der Waals surface area contributed by atoms with E-state index in [0.717, 1.165) is 11.6 Å². The zero-order chi connectivity index (χ0) is 24.3. The summed E-state index contributed by atoms with van der Waals surface area (Å²) in [6.07, 6.45) is -2.77. The Hall–Kier alpha value is -3.75. The van der Waals surface area contributed by atoms with Crippen LogP contribution in [0.3, 0.4) is 0 Å². The van der Waals surface area contributed by atoms with E-state index in [2.05, 4.69) is 10.3 Å². The molecule has 0 fully saturated rings. The molecule has 1 aliphatic rings. The van der Waals surface area contributed by atoms with E-state index < -0.39 is 17.7 Å². The number of carbonyl (C=O) groups is 1. The highest BCUT2D eigenvalue weighted by atomic mass is 19.4. The molecule has 9 heteroatoms. The number of aromatic nitrogens is 1. The molecule has 1 unspecified atom stereocenters. The summed E-state index contributed by atoms with van der Waals surface area (Å²) >= 11 is 0. The first-order valence-electron chi connectivity index (χ1n) is 10.7. The number of rotatable bonds is 6. The minimum Gasteiger partial charge on any atom is -0.489 e. The topological polar surface area (TPSA) is 63.7 Å². The Kier molecular flexibility index (Phi) is 6.63. The van der Waals surface area contributed by atoms with Crippen molar-refractivity contribution in [2.75, 3.05) is 30.5 Å². The van der Waals surface area contributed by atoms with E-state index in [1.807, 2.05) is 24.0 Å². The van der Waals surface area contributed by atoms with E-state index in [1.165, 1.54) is 19.2 Å². The maximum absolute atomic E-state index is 13.2. The van der Waals surface area contributed by atoms with Crippen molar-refractivity contribution < 1.29 is 27.4 Å². The van der Waals surface area contributed by atoms with Crippen LogP contribution in [0.2, 0.25) is 0 Å². The molecule has 1 atom stereocenters. The van der Waals surface area contributed by atoms with Gasteiger partial charge in [0, 0.05) is 18.8 Å². The van der Waals surface area contributed by atoms with Crippen molar-refractivity contribution in [3.63, 3.8) is 0 Å².